The Kier molecular flexibility index (Phi) is 7.88. The Morgan fingerprint density at radius 1 is 0.500 bits per heavy atom. The van der Waals surface area contributed by atoms with E-state index in [1.807, 2.05) is 0 Å². The number of benzene rings is 6. The second kappa shape index (κ2) is 12.7. The standard InChI is InChI=1S/C58H62BN3/c1-37-18-17-21-42(30-37)60-49-31-38(2)22-24-46(49)59-47-34-41(54(3,4)5)33-45-53(47)62(58(9)29-16-14-27-56(45,58)7)51-36-43(35-50(60)52(51)59)61-48-25-23-40(39-19-11-10-12-20-39)32-44(48)55(6)26-13-15-28-57(55,61)8/h10-12,17-25,30-36H,13-16,26-29H2,1-9H3. The molecule has 4 unspecified atom stereocenters. The summed E-state index contributed by atoms with van der Waals surface area (Å²) in [6.45, 7) is 22.4. The van der Waals surface area contributed by atoms with Crippen molar-refractivity contribution >= 4 is 62.9 Å². The molecule has 6 aromatic carbocycles. The summed E-state index contributed by atoms with van der Waals surface area (Å²) in [7, 11) is 0. The zero-order chi connectivity index (χ0) is 42.7. The van der Waals surface area contributed by atoms with Gasteiger partial charge in [-0.25, -0.2) is 0 Å². The lowest BCUT2D eigenvalue weighted by molar-refractivity contribution is 0.194. The van der Waals surface area contributed by atoms with Crippen molar-refractivity contribution < 1.29 is 0 Å². The van der Waals surface area contributed by atoms with Gasteiger partial charge < -0.3 is 14.7 Å². The summed E-state index contributed by atoms with van der Waals surface area (Å²) in [6, 6.07) is 45.7. The van der Waals surface area contributed by atoms with Gasteiger partial charge in [-0.15, -0.1) is 0 Å². The molecule has 0 saturated heterocycles. The number of anilines is 7. The van der Waals surface area contributed by atoms with Gasteiger partial charge in [0.25, 0.3) is 6.71 Å². The molecule has 4 atom stereocenters. The fourth-order valence-electron chi connectivity index (χ4n) is 14.0. The normalized spacial score (nSPS) is 26.4. The highest BCUT2D eigenvalue weighted by molar-refractivity contribution is 7.00. The largest absolute Gasteiger partial charge is 0.335 e. The van der Waals surface area contributed by atoms with Crippen LogP contribution in [0.15, 0.2) is 115 Å². The molecular weight excluding hydrogens is 749 g/mol. The van der Waals surface area contributed by atoms with E-state index in [1.54, 1.807) is 5.56 Å². The Hall–Kier alpha value is -5.22. The molecular formula is C58H62BN3. The Labute approximate surface area is 371 Å². The van der Waals surface area contributed by atoms with Crippen molar-refractivity contribution in [2.45, 2.75) is 141 Å². The molecule has 0 radical (unpaired) electrons. The van der Waals surface area contributed by atoms with Gasteiger partial charge in [0, 0.05) is 50.6 Å². The van der Waals surface area contributed by atoms with E-state index in [4.69, 9.17) is 0 Å². The molecule has 0 N–H and O–H groups in total. The molecule has 4 aliphatic heterocycles. The number of fused-ring (bicyclic) bond motifs is 10. The molecule has 0 bridgehead atoms. The molecule has 0 spiro atoms. The van der Waals surface area contributed by atoms with Gasteiger partial charge in [-0.05, 0) is 157 Å². The molecule has 3 nitrogen and oxygen atoms in total. The van der Waals surface area contributed by atoms with Crippen LogP contribution >= 0.6 is 0 Å². The smallest absolute Gasteiger partial charge is 0.252 e. The van der Waals surface area contributed by atoms with E-state index in [9.17, 15) is 0 Å². The first-order valence-electron chi connectivity index (χ1n) is 23.8. The summed E-state index contributed by atoms with van der Waals surface area (Å²) in [4.78, 5) is 8.44. The minimum Gasteiger partial charge on any atom is -0.335 e. The Bertz CT molecular complexity index is 2870. The topological polar surface area (TPSA) is 9.72 Å². The van der Waals surface area contributed by atoms with Gasteiger partial charge in [0.15, 0.2) is 0 Å². The average Bonchev–Trinajstić information content (AvgIpc) is 3.60. The number of nitrogens with zero attached hydrogens (tertiary/aromatic N) is 3. The first-order chi connectivity index (χ1) is 29.7. The molecule has 0 amide bonds. The van der Waals surface area contributed by atoms with Crippen LogP contribution in [0.5, 0.6) is 0 Å². The minimum absolute atomic E-state index is 0.00563. The van der Waals surface area contributed by atoms with Crippen molar-refractivity contribution in [3.05, 3.63) is 143 Å². The second-order valence-corrected chi connectivity index (χ2v) is 22.2. The van der Waals surface area contributed by atoms with Crippen molar-refractivity contribution in [2.75, 3.05) is 14.7 Å². The van der Waals surface area contributed by atoms with Crippen molar-refractivity contribution in [3.63, 3.8) is 0 Å². The van der Waals surface area contributed by atoms with Gasteiger partial charge in [-0.1, -0.05) is 133 Å². The molecule has 6 aromatic rings. The van der Waals surface area contributed by atoms with Crippen LogP contribution in [0.4, 0.5) is 39.8 Å². The van der Waals surface area contributed by atoms with Crippen molar-refractivity contribution in [1.82, 2.24) is 0 Å². The summed E-state index contributed by atoms with van der Waals surface area (Å²) in [5.74, 6) is 0. The van der Waals surface area contributed by atoms with Gasteiger partial charge in [0.05, 0.1) is 11.1 Å². The molecule has 312 valence electrons. The van der Waals surface area contributed by atoms with Crippen LogP contribution in [-0.4, -0.2) is 17.8 Å². The van der Waals surface area contributed by atoms with Crippen molar-refractivity contribution in [2.24, 2.45) is 0 Å². The maximum atomic E-state index is 2.94. The van der Waals surface area contributed by atoms with E-state index < -0.39 is 0 Å². The summed E-state index contributed by atoms with van der Waals surface area (Å²) in [5, 5.41) is 0. The average molecular weight is 812 g/mol. The van der Waals surface area contributed by atoms with Crippen LogP contribution in [0.3, 0.4) is 0 Å². The molecule has 4 heterocycles. The van der Waals surface area contributed by atoms with E-state index in [-0.39, 0.29) is 34.0 Å². The quantitative estimate of drug-likeness (QED) is 0.165. The number of aryl methyl sites for hydroxylation is 2. The third-order valence-electron chi connectivity index (χ3n) is 17.8. The zero-order valence-electron chi connectivity index (χ0n) is 38.5. The van der Waals surface area contributed by atoms with E-state index >= 15 is 0 Å². The van der Waals surface area contributed by atoms with Crippen LogP contribution in [0.1, 0.15) is 128 Å². The minimum atomic E-state index is -0.0891. The van der Waals surface area contributed by atoms with E-state index in [0.717, 1.165) is 0 Å². The van der Waals surface area contributed by atoms with E-state index in [0.29, 0.717) is 0 Å². The van der Waals surface area contributed by atoms with Crippen LogP contribution in [0.2, 0.25) is 0 Å². The molecule has 2 aliphatic carbocycles. The third kappa shape index (κ3) is 4.85. The second-order valence-electron chi connectivity index (χ2n) is 22.2. The summed E-state index contributed by atoms with van der Waals surface area (Å²) in [5.41, 5.74) is 23.6. The first kappa shape index (κ1) is 38.5. The number of hydrogen-bond acceptors (Lipinski definition) is 3. The van der Waals surface area contributed by atoms with E-state index in [2.05, 4.69) is 192 Å². The third-order valence-corrected chi connectivity index (χ3v) is 17.8. The molecule has 6 aliphatic rings. The Morgan fingerprint density at radius 2 is 1.18 bits per heavy atom. The summed E-state index contributed by atoms with van der Waals surface area (Å²) >= 11 is 0. The SMILES string of the molecule is Cc1cccc(N2c3cc(C)ccc3B3c4cc(C(C)(C)C)cc5c4N(c4cc(N6c7ccc(-c8ccccc8)cc7C7(C)CCCCC67C)cc2c43)C2(C)CCCCC52C)c1. The fraction of sp³-hybridized carbons (Fsp3) is 0.379. The van der Waals surface area contributed by atoms with Crippen molar-refractivity contribution in [1.29, 1.82) is 0 Å². The Balaban J connectivity index is 1.20. The maximum Gasteiger partial charge on any atom is 0.252 e. The highest BCUT2D eigenvalue weighted by Gasteiger charge is 2.63. The van der Waals surface area contributed by atoms with Crippen molar-refractivity contribution in [3.8, 4) is 11.1 Å². The monoisotopic (exact) mass is 812 g/mol. The summed E-state index contributed by atoms with van der Waals surface area (Å²) < 4.78 is 0. The predicted molar refractivity (Wildman–Crippen MR) is 265 cm³/mol. The van der Waals surface area contributed by atoms with Gasteiger partial charge in [-0.3, -0.25) is 0 Å². The highest BCUT2D eigenvalue weighted by atomic mass is 15.3. The lowest BCUT2D eigenvalue weighted by Gasteiger charge is -2.53. The molecule has 62 heavy (non-hydrogen) atoms. The van der Waals surface area contributed by atoms with Gasteiger partial charge in [-0.2, -0.15) is 0 Å². The lowest BCUT2D eigenvalue weighted by atomic mass is 9.33. The zero-order valence-corrected chi connectivity index (χ0v) is 38.5. The van der Waals surface area contributed by atoms with Crippen LogP contribution in [0, 0.1) is 13.8 Å². The lowest BCUT2D eigenvalue weighted by Crippen LogP contribution is -2.64. The molecule has 2 fully saturated rings. The molecule has 4 heteroatoms. The fourth-order valence-corrected chi connectivity index (χ4v) is 14.0. The van der Waals surface area contributed by atoms with Gasteiger partial charge >= 0.3 is 0 Å². The van der Waals surface area contributed by atoms with Crippen LogP contribution in [-0.2, 0) is 16.2 Å². The maximum absolute atomic E-state index is 2.94. The highest BCUT2D eigenvalue weighted by Crippen LogP contribution is 2.65. The van der Waals surface area contributed by atoms with Gasteiger partial charge in [0.1, 0.15) is 0 Å². The van der Waals surface area contributed by atoms with Crippen LogP contribution < -0.4 is 31.1 Å². The molecule has 0 aromatic heterocycles. The first-order valence-corrected chi connectivity index (χ1v) is 23.8. The number of rotatable bonds is 3. The molecule has 12 rings (SSSR count). The van der Waals surface area contributed by atoms with E-state index in [1.165, 1.54) is 141 Å². The van der Waals surface area contributed by atoms with Crippen LogP contribution in [0.25, 0.3) is 11.1 Å². The number of hydrogen-bond donors (Lipinski definition) is 0. The molecule has 2 saturated carbocycles. The summed E-state index contributed by atoms with van der Waals surface area (Å²) in [6.07, 6.45) is 9.84. The Morgan fingerprint density at radius 3 is 1.90 bits per heavy atom. The predicted octanol–water partition coefficient (Wildman–Crippen LogP) is 13.4. The van der Waals surface area contributed by atoms with Gasteiger partial charge in [0.2, 0.25) is 0 Å².